The summed E-state index contributed by atoms with van der Waals surface area (Å²) >= 11 is 0. The largest absolute Gasteiger partial charge is 0.459 e. The standard InChI is InChI=1S/C17H16N2O/c1-11-12(2)19-14-8-4-6-10-16(14)20-15-9-5-3-7-13(15)17(19)18-11/h3-4,6-8,10H,5,9H2,1-2H3. The van der Waals surface area contributed by atoms with Gasteiger partial charge in [0.1, 0.15) is 11.6 Å². The Hall–Kier alpha value is -2.29. The van der Waals surface area contributed by atoms with E-state index in [0.717, 1.165) is 47.1 Å². The van der Waals surface area contributed by atoms with E-state index in [1.807, 2.05) is 18.2 Å². The molecule has 0 radical (unpaired) electrons. The maximum Gasteiger partial charge on any atom is 0.150 e. The van der Waals surface area contributed by atoms with Crippen LogP contribution in [0.3, 0.4) is 0 Å². The fourth-order valence-corrected chi connectivity index (χ4v) is 2.90. The normalized spacial score (nSPS) is 16.1. The molecule has 0 bridgehead atoms. The van der Waals surface area contributed by atoms with Crippen LogP contribution in [0, 0.1) is 13.8 Å². The van der Waals surface area contributed by atoms with Gasteiger partial charge in [0.25, 0.3) is 0 Å². The van der Waals surface area contributed by atoms with E-state index >= 15 is 0 Å². The average Bonchev–Trinajstić information content (AvgIpc) is 2.68. The number of rotatable bonds is 0. The van der Waals surface area contributed by atoms with E-state index < -0.39 is 0 Å². The average molecular weight is 264 g/mol. The molecule has 3 nitrogen and oxygen atoms in total. The molecule has 1 aromatic carbocycles. The summed E-state index contributed by atoms with van der Waals surface area (Å²) in [6, 6.07) is 8.18. The van der Waals surface area contributed by atoms with E-state index in [4.69, 9.17) is 9.72 Å². The van der Waals surface area contributed by atoms with Crippen molar-refractivity contribution in [2.45, 2.75) is 26.7 Å². The molecule has 1 aromatic heterocycles. The molecule has 1 aliphatic carbocycles. The van der Waals surface area contributed by atoms with Crippen LogP contribution in [0.2, 0.25) is 0 Å². The van der Waals surface area contributed by atoms with E-state index in [1.54, 1.807) is 0 Å². The number of benzene rings is 1. The van der Waals surface area contributed by atoms with Gasteiger partial charge in [0.2, 0.25) is 0 Å². The van der Waals surface area contributed by atoms with E-state index in [2.05, 4.69) is 36.6 Å². The van der Waals surface area contributed by atoms with Crippen LogP contribution in [0.25, 0.3) is 11.3 Å². The minimum atomic E-state index is 0.912. The molecule has 0 spiro atoms. The van der Waals surface area contributed by atoms with Crippen molar-refractivity contribution in [1.82, 2.24) is 9.55 Å². The first-order valence-corrected chi connectivity index (χ1v) is 6.99. The van der Waals surface area contributed by atoms with Gasteiger partial charge in [-0.25, -0.2) is 4.98 Å². The lowest BCUT2D eigenvalue weighted by Crippen LogP contribution is -2.02. The maximum atomic E-state index is 6.16. The number of ether oxygens (including phenoxy) is 1. The van der Waals surface area contributed by atoms with Crippen LogP contribution in [0.4, 0.5) is 0 Å². The Morgan fingerprint density at radius 2 is 2.05 bits per heavy atom. The summed E-state index contributed by atoms with van der Waals surface area (Å²) in [5, 5.41) is 0. The van der Waals surface area contributed by atoms with Gasteiger partial charge in [0, 0.05) is 12.1 Å². The van der Waals surface area contributed by atoms with Gasteiger partial charge in [-0.3, -0.25) is 4.57 Å². The molecule has 0 unspecified atom stereocenters. The van der Waals surface area contributed by atoms with Crippen LogP contribution >= 0.6 is 0 Å². The van der Waals surface area contributed by atoms with Gasteiger partial charge in [-0.2, -0.15) is 0 Å². The Kier molecular flexibility index (Phi) is 2.36. The Balaban J connectivity index is 2.10. The van der Waals surface area contributed by atoms with Crippen LogP contribution < -0.4 is 4.74 Å². The Morgan fingerprint density at radius 3 is 2.95 bits per heavy atom. The summed E-state index contributed by atoms with van der Waals surface area (Å²) in [5.74, 6) is 2.94. The Labute approximate surface area is 118 Å². The minimum Gasteiger partial charge on any atom is -0.459 e. The molecule has 0 atom stereocenters. The third kappa shape index (κ3) is 1.49. The summed E-state index contributed by atoms with van der Waals surface area (Å²) in [7, 11) is 0. The number of hydrogen-bond acceptors (Lipinski definition) is 2. The van der Waals surface area contributed by atoms with Crippen LogP contribution in [-0.4, -0.2) is 9.55 Å². The predicted octanol–water partition coefficient (Wildman–Crippen LogP) is 3.94. The number of para-hydroxylation sites is 2. The molecule has 20 heavy (non-hydrogen) atoms. The summed E-state index contributed by atoms with van der Waals surface area (Å²) in [6.45, 7) is 4.17. The van der Waals surface area contributed by atoms with Gasteiger partial charge >= 0.3 is 0 Å². The zero-order chi connectivity index (χ0) is 13.7. The van der Waals surface area contributed by atoms with E-state index in [9.17, 15) is 0 Å². The molecular formula is C17H16N2O. The zero-order valence-electron chi connectivity index (χ0n) is 11.7. The maximum absolute atomic E-state index is 6.16. The molecule has 0 fully saturated rings. The van der Waals surface area contributed by atoms with E-state index in [0.29, 0.717) is 0 Å². The van der Waals surface area contributed by atoms with E-state index in [1.165, 1.54) is 5.69 Å². The second-order valence-corrected chi connectivity index (χ2v) is 5.29. The van der Waals surface area contributed by atoms with Crippen molar-refractivity contribution in [2.24, 2.45) is 0 Å². The van der Waals surface area contributed by atoms with Crippen LogP contribution in [0.5, 0.6) is 5.75 Å². The van der Waals surface area contributed by atoms with Gasteiger partial charge in [0.05, 0.1) is 17.0 Å². The van der Waals surface area contributed by atoms with Gasteiger partial charge in [-0.1, -0.05) is 24.3 Å². The molecule has 2 aliphatic rings. The lowest BCUT2D eigenvalue weighted by Gasteiger charge is -2.13. The first kappa shape index (κ1) is 11.5. The number of aryl methyl sites for hydroxylation is 1. The second kappa shape index (κ2) is 4.10. The van der Waals surface area contributed by atoms with Crippen molar-refractivity contribution < 1.29 is 4.74 Å². The van der Waals surface area contributed by atoms with Crippen LogP contribution in [0.15, 0.2) is 42.2 Å². The number of allylic oxidation sites excluding steroid dienone is 4. The first-order valence-electron chi connectivity index (χ1n) is 6.99. The van der Waals surface area contributed by atoms with Gasteiger partial charge in [-0.15, -0.1) is 0 Å². The highest BCUT2D eigenvalue weighted by Gasteiger charge is 2.25. The minimum absolute atomic E-state index is 0.912. The van der Waals surface area contributed by atoms with Gasteiger partial charge in [0.15, 0.2) is 5.75 Å². The molecule has 0 saturated heterocycles. The third-order valence-corrected chi connectivity index (χ3v) is 4.05. The number of nitrogens with zero attached hydrogens (tertiary/aromatic N) is 2. The first-order chi connectivity index (χ1) is 9.75. The van der Waals surface area contributed by atoms with Crippen molar-refractivity contribution in [3.05, 3.63) is 59.4 Å². The van der Waals surface area contributed by atoms with Crippen molar-refractivity contribution in [1.29, 1.82) is 0 Å². The topological polar surface area (TPSA) is 27.1 Å². The lowest BCUT2D eigenvalue weighted by atomic mass is 10.0. The monoisotopic (exact) mass is 264 g/mol. The molecule has 2 aromatic rings. The van der Waals surface area contributed by atoms with Crippen molar-refractivity contribution >= 4 is 5.57 Å². The van der Waals surface area contributed by atoms with Gasteiger partial charge in [-0.05, 0) is 32.4 Å². The SMILES string of the molecule is Cc1nc2n(c1C)-c1ccccc1OC1=C2C=CCC1. The number of aromatic nitrogens is 2. The molecule has 0 N–H and O–H groups in total. The molecule has 4 rings (SSSR count). The van der Waals surface area contributed by atoms with Crippen LogP contribution in [-0.2, 0) is 0 Å². The summed E-state index contributed by atoms with van der Waals surface area (Å²) < 4.78 is 8.38. The molecule has 0 saturated carbocycles. The second-order valence-electron chi connectivity index (χ2n) is 5.29. The van der Waals surface area contributed by atoms with E-state index in [-0.39, 0.29) is 0 Å². The number of hydrogen-bond donors (Lipinski definition) is 0. The molecule has 100 valence electrons. The fourth-order valence-electron chi connectivity index (χ4n) is 2.90. The van der Waals surface area contributed by atoms with Crippen molar-refractivity contribution in [2.75, 3.05) is 0 Å². The third-order valence-electron chi connectivity index (χ3n) is 4.05. The smallest absolute Gasteiger partial charge is 0.150 e. The lowest BCUT2D eigenvalue weighted by molar-refractivity contribution is 0.407. The number of fused-ring (bicyclic) bond motifs is 4. The highest BCUT2D eigenvalue weighted by Crippen LogP contribution is 2.38. The summed E-state index contributed by atoms with van der Waals surface area (Å²) in [4.78, 5) is 4.77. The Bertz CT molecular complexity index is 765. The molecule has 2 heterocycles. The highest BCUT2D eigenvalue weighted by molar-refractivity contribution is 5.76. The molecule has 1 aliphatic heterocycles. The fraction of sp³-hybridized carbons (Fsp3) is 0.235. The van der Waals surface area contributed by atoms with Crippen molar-refractivity contribution in [3.63, 3.8) is 0 Å². The summed E-state index contributed by atoms with van der Waals surface area (Å²) in [6.07, 6.45) is 6.30. The molecular weight excluding hydrogens is 248 g/mol. The number of imidazole rings is 1. The van der Waals surface area contributed by atoms with Crippen molar-refractivity contribution in [3.8, 4) is 11.4 Å². The quantitative estimate of drug-likeness (QED) is 0.720. The van der Waals surface area contributed by atoms with Crippen LogP contribution in [0.1, 0.15) is 30.1 Å². The van der Waals surface area contributed by atoms with Gasteiger partial charge < -0.3 is 4.74 Å². The summed E-state index contributed by atoms with van der Waals surface area (Å²) in [5.41, 5.74) is 4.43. The zero-order valence-corrected chi connectivity index (χ0v) is 11.7. The molecule has 3 heteroatoms. The highest BCUT2D eigenvalue weighted by atomic mass is 16.5. The Morgan fingerprint density at radius 1 is 1.20 bits per heavy atom. The molecule has 0 amide bonds. The predicted molar refractivity (Wildman–Crippen MR) is 79.0 cm³/mol.